The molecule has 3 aromatic heterocycles. The molecule has 0 radical (unpaired) electrons. The minimum absolute atomic E-state index is 0.169. The van der Waals surface area contributed by atoms with E-state index in [1.807, 2.05) is 30.3 Å². The number of hydrogen-bond acceptors (Lipinski definition) is 5. The van der Waals surface area contributed by atoms with Crippen molar-refractivity contribution in [3.63, 3.8) is 0 Å². The number of carbonyl (C=O) groups is 1. The monoisotopic (exact) mass is 362 g/mol. The van der Waals surface area contributed by atoms with Crippen molar-refractivity contribution >= 4 is 16.8 Å². The number of pyridine rings is 1. The molecule has 0 aliphatic heterocycles. The average molecular weight is 362 g/mol. The Hall–Kier alpha value is -3.61. The summed E-state index contributed by atoms with van der Waals surface area (Å²) in [5.41, 5.74) is 2.92. The second-order valence-corrected chi connectivity index (χ2v) is 6.07. The van der Waals surface area contributed by atoms with E-state index in [1.54, 1.807) is 43.4 Å². The van der Waals surface area contributed by atoms with Gasteiger partial charge in [0.05, 0.1) is 24.3 Å². The fourth-order valence-corrected chi connectivity index (χ4v) is 2.99. The molecule has 1 aromatic carbocycles. The van der Waals surface area contributed by atoms with Gasteiger partial charge in [0, 0.05) is 25.4 Å². The van der Waals surface area contributed by atoms with E-state index in [9.17, 15) is 4.79 Å². The first-order valence-electron chi connectivity index (χ1n) is 8.43. The lowest BCUT2D eigenvalue weighted by atomic mass is 10.1. The predicted octanol–water partition coefficient (Wildman–Crippen LogP) is 3.17. The molecule has 1 N–H and O–H groups in total. The van der Waals surface area contributed by atoms with Crippen molar-refractivity contribution in [2.24, 2.45) is 7.05 Å². The van der Waals surface area contributed by atoms with Crippen molar-refractivity contribution in [2.45, 2.75) is 6.54 Å². The second-order valence-electron chi connectivity index (χ2n) is 6.07. The molecule has 0 unspecified atom stereocenters. The topological polar surface area (TPSA) is 82.2 Å². The van der Waals surface area contributed by atoms with Crippen LogP contribution in [0.25, 0.3) is 22.4 Å². The van der Waals surface area contributed by atoms with Gasteiger partial charge in [0.15, 0.2) is 5.76 Å². The number of carbonyl (C=O) groups excluding carboxylic acids is 1. The molecule has 0 bridgehead atoms. The summed E-state index contributed by atoms with van der Waals surface area (Å²) in [7, 11) is 3.40. The Morgan fingerprint density at radius 1 is 1.26 bits per heavy atom. The van der Waals surface area contributed by atoms with Gasteiger partial charge in [0.2, 0.25) is 5.88 Å². The molecule has 4 rings (SSSR count). The molecule has 3 heterocycles. The molecule has 0 atom stereocenters. The molecule has 0 aliphatic rings. The lowest BCUT2D eigenvalue weighted by molar-refractivity contribution is 0.0951. The van der Waals surface area contributed by atoms with Crippen LogP contribution in [-0.2, 0) is 13.6 Å². The van der Waals surface area contributed by atoms with Crippen molar-refractivity contribution in [1.82, 2.24) is 20.1 Å². The molecule has 1 amide bonds. The number of rotatable bonds is 5. The summed E-state index contributed by atoms with van der Waals surface area (Å²) in [6, 6.07) is 12.8. The predicted molar refractivity (Wildman–Crippen MR) is 100 cm³/mol. The summed E-state index contributed by atoms with van der Waals surface area (Å²) in [5, 5.41) is 8.17. The summed E-state index contributed by atoms with van der Waals surface area (Å²) < 4.78 is 12.3. The zero-order valence-corrected chi connectivity index (χ0v) is 15.0. The normalized spacial score (nSPS) is 10.9. The minimum Gasteiger partial charge on any atom is -0.481 e. The van der Waals surface area contributed by atoms with E-state index in [2.05, 4.69) is 15.4 Å². The summed E-state index contributed by atoms with van der Waals surface area (Å²) in [5.74, 6) is 1.19. The van der Waals surface area contributed by atoms with Crippen LogP contribution in [0.1, 0.15) is 15.9 Å². The maximum Gasteiger partial charge on any atom is 0.251 e. The third kappa shape index (κ3) is 3.27. The molecule has 136 valence electrons. The highest BCUT2D eigenvalue weighted by Crippen LogP contribution is 2.25. The number of aryl methyl sites for hydroxylation is 1. The minimum atomic E-state index is -0.169. The van der Waals surface area contributed by atoms with Gasteiger partial charge in [-0.2, -0.15) is 5.10 Å². The fourth-order valence-electron chi connectivity index (χ4n) is 2.99. The Kier molecular flexibility index (Phi) is 4.33. The van der Waals surface area contributed by atoms with Crippen molar-refractivity contribution in [3.8, 4) is 17.3 Å². The standard InChI is InChI=1S/C20H18N4O3/c1-24-20(26-2)15-6-5-14(11-16(15)23-24)19(25)22-12-13-7-8-21-17(10-13)18-4-3-9-27-18/h3-11H,12H2,1-2H3,(H,22,25). The number of ether oxygens (including phenoxy) is 1. The first-order chi connectivity index (χ1) is 13.2. The van der Waals surface area contributed by atoms with Crippen LogP contribution in [0, 0.1) is 0 Å². The van der Waals surface area contributed by atoms with Gasteiger partial charge in [-0.1, -0.05) is 0 Å². The maximum atomic E-state index is 12.5. The van der Waals surface area contributed by atoms with Gasteiger partial charge in [0.25, 0.3) is 5.91 Å². The number of nitrogens with one attached hydrogen (secondary N) is 1. The van der Waals surface area contributed by atoms with E-state index in [-0.39, 0.29) is 5.91 Å². The summed E-state index contributed by atoms with van der Waals surface area (Å²) >= 11 is 0. The zero-order valence-electron chi connectivity index (χ0n) is 15.0. The molecule has 0 spiro atoms. The number of benzene rings is 1. The quantitative estimate of drug-likeness (QED) is 0.590. The summed E-state index contributed by atoms with van der Waals surface area (Å²) in [4.78, 5) is 16.8. The molecule has 0 aliphatic carbocycles. The van der Waals surface area contributed by atoms with Gasteiger partial charge < -0.3 is 14.5 Å². The first kappa shape index (κ1) is 16.8. The zero-order chi connectivity index (χ0) is 18.8. The summed E-state index contributed by atoms with van der Waals surface area (Å²) in [6.45, 7) is 0.388. The molecule has 7 heteroatoms. The second kappa shape index (κ2) is 6.95. The highest BCUT2D eigenvalue weighted by atomic mass is 16.5. The third-order valence-electron chi connectivity index (χ3n) is 4.29. The van der Waals surface area contributed by atoms with Crippen LogP contribution in [0.3, 0.4) is 0 Å². The molecule has 0 saturated heterocycles. The van der Waals surface area contributed by atoms with Crippen LogP contribution in [0.2, 0.25) is 0 Å². The molecule has 4 aromatic rings. The fraction of sp³-hybridized carbons (Fsp3) is 0.150. The van der Waals surface area contributed by atoms with Crippen molar-refractivity contribution in [1.29, 1.82) is 0 Å². The first-order valence-corrected chi connectivity index (χ1v) is 8.43. The number of amides is 1. The van der Waals surface area contributed by atoms with E-state index < -0.39 is 0 Å². The number of aromatic nitrogens is 3. The van der Waals surface area contributed by atoms with E-state index in [0.29, 0.717) is 29.3 Å². The average Bonchev–Trinajstić information content (AvgIpc) is 3.32. The highest BCUT2D eigenvalue weighted by Gasteiger charge is 2.13. The molecule has 27 heavy (non-hydrogen) atoms. The molecule has 0 fully saturated rings. The third-order valence-corrected chi connectivity index (χ3v) is 4.29. The van der Waals surface area contributed by atoms with Crippen LogP contribution in [0.4, 0.5) is 0 Å². The van der Waals surface area contributed by atoms with Crippen molar-refractivity contribution in [2.75, 3.05) is 7.11 Å². The van der Waals surface area contributed by atoms with Gasteiger partial charge in [-0.3, -0.25) is 9.78 Å². The smallest absolute Gasteiger partial charge is 0.251 e. The van der Waals surface area contributed by atoms with E-state index in [4.69, 9.17) is 9.15 Å². The Morgan fingerprint density at radius 2 is 2.15 bits per heavy atom. The number of hydrogen-bond donors (Lipinski definition) is 1. The van der Waals surface area contributed by atoms with E-state index >= 15 is 0 Å². The van der Waals surface area contributed by atoms with Crippen LogP contribution < -0.4 is 10.1 Å². The summed E-state index contributed by atoms with van der Waals surface area (Å²) in [6.07, 6.45) is 3.31. The van der Waals surface area contributed by atoms with Crippen molar-refractivity contribution < 1.29 is 13.9 Å². The Balaban J connectivity index is 1.50. The van der Waals surface area contributed by atoms with Crippen molar-refractivity contribution in [3.05, 3.63) is 66.1 Å². The Labute approximate surface area is 155 Å². The van der Waals surface area contributed by atoms with Crippen LogP contribution in [0.5, 0.6) is 5.88 Å². The maximum absolute atomic E-state index is 12.5. The van der Waals surface area contributed by atoms with Gasteiger partial charge in [-0.05, 0) is 48.0 Å². The molecule has 0 saturated carbocycles. The van der Waals surface area contributed by atoms with E-state index in [1.165, 1.54) is 0 Å². The van der Waals surface area contributed by atoms with E-state index in [0.717, 1.165) is 16.6 Å². The van der Waals surface area contributed by atoms with Gasteiger partial charge >= 0.3 is 0 Å². The SMILES string of the molecule is COc1c2ccc(C(=O)NCc3ccnc(-c4ccco4)c3)cc2nn1C. The van der Waals surface area contributed by atoms with Crippen LogP contribution in [0.15, 0.2) is 59.3 Å². The highest BCUT2D eigenvalue weighted by molar-refractivity contribution is 5.98. The number of furan rings is 1. The lowest BCUT2D eigenvalue weighted by Crippen LogP contribution is -2.22. The van der Waals surface area contributed by atoms with Gasteiger partial charge in [0.1, 0.15) is 5.69 Å². The lowest BCUT2D eigenvalue weighted by Gasteiger charge is -2.06. The number of fused-ring (bicyclic) bond motifs is 1. The number of nitrogens with zero attached hydrogens (tertiary/aromatic N) is 3. The Bertz CT molecular complexity index is 1100. The van der Waals surface area contributed by atoms with Crippen LogP contribution in [-0.4, -0.2) is 27.8 Å². The molecular formula is C20H18N4O3. The van der Waals surface area contributed by atoms with Gasteiger partial charge in [-0.25, -0.2) is 4.68 Å². The van der Waals surface area contributed by atoms with Gasteiger partial charge in [-0.15, -0.1) is 0 Å². The molecular weight excluding hydrogens is 344 g/mol. The van der Waals surface area contributed by atoms with Crippen LogP contribution >= 0.6 is 0 Å². The largest absolute Gasteiger partial charge is 0.481 e. The Morgan fingerprint density at radius 3 is 2.93 bits per heavy atom. The molecule has 7 nitrogen and oxygen atoms in total. The number of methoxy groups -OCH3 is 1.